The lowest BCUT2D eigenvalue weighted by molar-refractivity contribution is -0.663. The summed E-state index contributed by atoms with van der Waals surface area (Å²) >= 11 is 2.54. The third kappa shape index (κ3) is 6.67. The van der Waals surface area contributed by atoms with Crippen LogP contribution in [0.3, 0.4) is 0 Å². The molecule has 0 radical (unpaired) electrons. The van der Waals surface area contributed by atoms with Gasteiger partial charge < -0.3 is 25.6 Å². The van der Waals surface area contributed by atoms with E-state index in [2.05, 4.69) is 54.4 Å². The van der Waals surface area contributed by atoms with Crippen molar-refractivity contribution >= 4 is 69.0 Å². The Morgan fingerprint density at radius 3 is 2.70 bits per heavy atom. The summed E-state index contributed by atoms with van der Waals surface area (Å²) in [6, 6.07) is 13.4. The highest BCUT2D eigenvalue weighted by Crippen LogP contribution is 2.40. The van der Waals surface area contributed by atoms with Crippen LogP contribution in [0, 0.1) is 0 Å². The fourth-order valence-corrected chi connectivity index (χ4v) is 8.33. The van der Waals surface area contributed by atoms with Crippen LogP contribution in [0.5, 0.6) is 0 Å². The van der Waals surface area contributed by atoms with Crippen LogP contribution in [0.2, 0.25) is 0 Å². The van der Waals surface area contributed by atoms with Gasteiger partial charge in [-0.05, 0) is 36.5 Å². The molecule has 14 nitrogen and oxygen atoms in total. The number of nitrogen functional groups attached to an aromatic ring is 1. The van der Waals surface area contributed by atoms with Gasteiger partial charge in [-0.15, -0.1) is 23.1 Å². The van der Waals surface area contributed by atoms with Gasteiger partial charge in [0.15, 0.2) is 23.6 Å². The Balaban J connectivity index is 1.05. The number of carboxylic acid groups (broad SMARTS) is 1. The predicted molar refractivity (Wildman–Crippen MR) is 190 cm³/mol. The van der Waals surface area contributed by atoms with Gasteiger partial charge in [0.1, 0.15) is 35.4 Å². The van der Waals surface area contributed by atoms with E-state index in [0.717, 1.165) is 46.6 Å². The molecule has 0 spiro atoms. The molecule has 4 aromatic rings. The number of piperidine rings is 1. The van der Waals surface area contributed by atoms with Crippen LogP contribution in [-0.4, -0.2) is 91.6 Å². The molecule has 258 valence electrons. The topological polar surface area (TPSA) is 172 Å². The summed E-state index contributed by atoms with van der Waals surface area (Å²) in [5.41, 5.74) is 10.5. The van der Waals surface area contributed by atoms with Gasteiger partial charge in [0.25, 0.3) is 11.8 Å². The Kier molecular flexibility index (Phi) is 9.54. The number of carbonyl (C=O) groups excluding carboxylic acids is 2. The quantitative estimate of drug-likeness (QED) is 0.0915. The molecule has 2 saturated heterocycles. The Labute approximate surface area is 295 Å². The molecule has 3 aliphatic heterocycles. The number of nitrogens with zero attached hydrogens (tertiary/aromatic N) is 7. The van der Waals surface area contributed by atoms with Crippen LogP contribution in [-0.2, 0) is 32.3 Å². The molecule has 6 heterocycles. The number of carbonyl (C=O) groups is 3. The standard InChI is InChI=1S/C34H35N9O5S2/c1-48-39-27(24-20-50-34(35)37-24)30(44)38-28-31(45)43-29(33(46)47)23(19-49-32(28)43)18-40-12-5-6-25-26(40)11-15-41(25)17-22-9-7-21(8-10-22)16-36-42-13-3-2-4-14-42/h5-12,15-16,20,28,32H,2-4,13-14,17-19H2,1H3,(H3-,35,37,38,44,46,47)/p+1/b36-16?,39-27-/t28-,32-/m1/s1. The monoisotopic (exact) mass is 714 g/mol. The third-order valence-electron chi connectivity index (χ3n) is 8.91. The van der Waals surface area contributed by atoms with Crippen LogP contribution in [0.15, 0.2) is 81.8 Å². The van der Waals surface area contributed by atoms with Gasteiger partial charge >= 0.3 is 5.97 Å². The van der Waals surface area contributed by atoms with E-state index in [1.54, 1.807) is 5.38 Å². The van der Waals surface area contributed by atoms with Gasteiger partial charge in [0, 0.05) is 54.7 Å². The first-order chi connectivity index (χ1) is 24.3. The minimum absolute atomic E-state index is 0.0600. The average Bonchev–Trinajstić information content (AvgIpc) is 3.75. The number of thioether (sulfide) groups is 1. The number of amides is 2. The number of hydrogen-bond donors (Lipinski definition) is 3. The van der Waals surface area contributed by atoms with Crippen molar-refractivity contribution in [1.82, 2.24) is 24.8 Å². The molecule has 2 atom stereocenters. The van der Waals surface area contributed by atoms with Gasteiger partial charge in [-0.2, -0.15) is 9.67 Å². The lowest BCUT2D eigenvalue weighted by Crippen LogP contribution is -2.71. The molecule has 2 fully saturated rings. The van der Waals surface area contributed by atoms with E-state index >= 15 is 0 Å². The lowest BCUT2D eigenvalue weighted by Gasteiger charge is -2.49. The number of aliphatic carboxylic acids is 1. The molecule has 3 aliphatic rings. The number of thiazole rings is 1. The number of anilines is 1. The molecule has 2 amide bonds. The number of hydrogen-bond acceptors (Lipinski definition) is 11. The van der Waals surface area contributed by atoms with Crippen molar-refractivity contribution in [2.24, 2.45) is 10.3 Å². The summed E-state index contributed by atoms with van der Waals surface area (Å²) in [7, 11) is 1.29. The van der Waals surface area contributed by atoms with E-state index in [1.165, 1.54) is 43.0 Å². The maximum absolute atomic E-state index is 13.4. The highest BCUT2D eigenvalue weighted by Gasteiger charge is 2.55. The Bertz CT molecular complexity index is 2030. The van der Waals surface area contributed by atoms with Crippen LogP contribution in [0.25, 0.3) is 11.0 Å². The van der Waals surface area contributed by atoms with Crippen molar-refractivity contribution in [2.75, 3.05) is 31.7 Å². The van der Waals surface area contributed by atoms with Gasteiger partial charge in [0.05, 0.1) is 6.21 Å². The minimum Gasteiger partial charge on any atom is -0.477 e. The number of nitrogens with two attached hydrogens (primary N) is 1. The molecule has 0 bridgehead atoms. The van der Waals surface area contributed by atoms with E-state index < -0.39 is 29.2 Å². The Morgan fingerprint density at radius 1 is 1.18 bits per heavy atom. The number of benzene rings is 1. The van der Waals surface area contributed by atoms with Crippen molar-refractivity contribution < 1.29 is 28.9 Å². The second-order valence-electron chi connectivity index (χ2n) is 12.2. The van der Waals surface area contributed by atoms with Crippen molar-refractivity contribution in [3.63, 3.8) is 0 Å². The minimum atomic E-state index is -1.20. The number of nitrogens with one attached hydrogen (secondary N) is 1. The molecule has 50 heavy (non-hydrogen) atoms. The van der Waals surface area contributed by atoms with Crippen molar-refractivity contribution in [2.45, 2.75) is 43.8 Å². The fourth-order valence-electron chi connectivity index (χ4n) is 6.45. The molecule has 0 aliphatic carbocycles. The smallest absolute Gasteiger partial charge is 0.352 e. The first kappa shape index (κ1) is 33.3. The molecule has 7 rings (SSSR count). The molecule has 16 heteroatoms. The zero-order chi connectivity index (χ0) is 34.8. The largest absolute Gasteiger partial charge is 0.477 e. The number of carboxylic acids is 1. The molecule has 3 aromatic heterocycles. The van der Waals surface area contributed by atoms with Crippen LogP contribution >= 0.6 is 23.1 Å². The molecule has 1 aromatic carbocycles. The summed E-state index contributed by atoms with van der Waals surface area (Å²) in [5.74, 6) is -2.02. The number of β-lactam (4-membered cyclic amide) rings is 1. The zero-order valence-electron chi connectivity index (χ0n) is 27.3. The summed E-state index contributed by atoms with van der Waals surface area (Å²) in [5, 5.41) is 24.7. The number of hydrazone groups is 1. The zero-order valence-corrected chi connectivity index (χ0v) is 28.9. The molecular weight excluding hydrogens is 679 g/mol. The number of oxime groups is 1. The van der Waals surface area contributed by atoms with Crippen molar-refractivity contribution in [1.29, 1.82) is 0 Å². The van der Waals surface area contributed by atoms with Gasteiger partial charge in [-0.3, -0.25) is 19.5 Å². The van der Waals surface area contributed by atoms with Gasteiger partial charge in [0.2, 0.25) is 5.52 Å². The summed E-state index contributed by atoms with van der Waals surface area (Å²) in [6.45, 7) is 2.97. The Hall–Kier alpha value is -5.22. The number of rotatable bonds is 11. The maximum atomic E-state index is 13.4. The van der Waals surface area contributed by atoms with E-state index in [9.17, 15) is 19.5 Å². The van der Waals surface area contributed by atoms with Crippen LogP contribution in [0.4, 0.5) is 5.13 Å². The second-order valence-corrected chi connectivity index (χ2v) is 14.2. The summed E-state index contributed by atoms with van der Waals surface area (Å²) < 4.78 is 4.16. The first-order valence-corrected chi connectivity index (χ1v) is 18.1. The molecular formula is C34H36N9O5S2+. The number of pyridine rings is 1. The highest BCUT2D eigenvalue weighted by molar-refractivity contribution is 8.00. The lowest BCUT2D eigenvalue weighted by atomic mass is 10.0. The van der Waals surface area contributed by atoms with Crippen molar-refractivity contribution in [3.05, 3.63) is 88.3 Å². The maximum Gasteiger partial charge on any atom is 0.352 e. The van der Waals surface area contributed by atoms with Gasteiger partial charge in [-0.1, -0.05) is 29.4 Å². The van der Waals surface area contributed by atoms with Crippen LogP contribution in [0.1, 0.15) is 36.1 Å². The van der Waals surface area contributed by atoms with Crippen molar-refractivity contribution in [3.8, 4) is 0 Å². The van der Waals surface area contributed by atoms with Crippen LogP contribution < -0.4 is 15.6 Å². The van der Waals surface area contributed by atoms with E-state index in [1.807, 2.05) is 41.4 Å². The third-order valence-corrected chi connectivity index (χ3v) is 10.9. The first-order valence-electron chi connectivity index (χ1n) is 16.2. The summed E-state index contributed by atoms with van der Waals surface area (Å²) in [4.78, 5) is 49.2. The van der Waals surface area contributed by atoms with E-state index in [-0.39, 0.29) is 28.8 Å². The molecule has 0 saturated carbocycles. The average molecular weight is 715 g/mol. The van der Waals surface area contributed by atoms with Gasteiger partial charge in [-0.25, -0.2) is 9.78 Å². The molecule has 4 N–H and O–H groups in total. The second kappa shape index (κ2) is 14.3. The normalized spacial score (nSPS) is 19.5. The highest BCUT2D eigenvalue weighted by atomic mass is 32.2. The van der Waals surface area contributed by atoms with E-state index in [4.69, 9.17) is 10.6 Å². The number of aromatic nitrogens is 3. The molecule has 0 unspecified atom stereocenters. The Morgan fingerprint density at radius 2 is 1.98 bits per heavy atom. The number of fused-ring (bicyclic) bond motifs is 2. The van der Waals surface area contributed by atoms with E-state index in [0.29, 0.717) is 17.9 Å². The SMILES string of the molecule is CO/N=C(\C(=O)N[C@@H]1C(=O)N2C(C(=O)O)=C(C[n+]3cccc4c3ccn4Cc3ccc(C=NN4CCCCC4)cc3)CS[C@H]12)c1csc(N)n1. The predicted octanol–water partition coefficient (Wildman–Crippen LogP) is 2.62. The summed E-state index contributed by atoms with van der Waals surface area (Å²) in [6.07, 6.45) is 9.52. The fraction of sp³-hybridized carbons (Fsp3) is 0.324.